The van der Waals surface area contributed by atoms with Crippen LogP contribution in [0, 0.1) is 10.8 Å². The summed E-state index contributed by atoms with van der Waals surface area (Å²) >= 11 is 0. The van der Waals surface area contributed by atoms with E-state index in [1.165, 1.54) is 6.92 Å². The predicted octanol–water partition coefficient (Wildman–Crippen LogP) is 0.600. The first kappa shape index (κ1) is 10.00. The lowest BCUT2D eigenvalue weighted by atomic mass is 10.8. The Bertz CT molecular complexity index is 79.4. The molecular formula is C4H8N2O2. The lowest BCUT2D eigenvalue weighted by Gasteiger charge is -1.89. The molecule has 0 fully saturated rings. The summed E-state index contributed by atoms with van der Waals surface area (Å²) in [6.45, 7) is 3.65. The van der Waals surface area contributed by atoms with E-state index in [4.69, 9.17) is 10.8 Å². The first-order valence-electron chi connectivity index (χ1n) is 2.10. The monoisotopic (exact) mass is 116 g/mol. The van der Waals surface area contributed by atoms with E-state index >= 15 is 0 Å². The van der Waals surface area contributed by atoms with Crippen molar-refractivity contribution in [2.45, 2.75) is 13.8 Å². The minimum Gasteiger partial charge on any atom is -0.466 e. The topological polar surface area (TPSA) is 73.9 Å². The molecule has 0 aromatic carbocycles. The summed E-state index contributed by atoms with van der Waals surface area (Å²) in [6, 6.07) is 0. The molecule has 0 saturated heterocycles. The Morgan fingerprint density at radius 3 is 2.00 bits per heavy atom. The molecule has 0 amide bonds. The predicted molar refractivity (Wildman–Crippen MR) is 25.8 cm³/mol. The Morgan fingerprint density at radius 1 is 1.62 bits per heavy atom. The van der Waals surface area contributed by atoms with Gasteiger partial charge in [0, 0.05) is 17.7 Å². The fourth-order valence-electron chi connectivity index (χ4n) is 0.203. The second-order valence-electron chi connectivity index (χ2n) is 0.925. The SMILES string of the molecule is CCOC(C)=O.N#N. The van der Waals surface area contributed by atoms with Crippen molar-refractivity contribution in [1.29, 1.82) is 10.8 Å². The van der Waals surface area contributed by atoms with E-state index in [0.29, 0.717) is 6.61 Å². The number of hydrogen-bond donors (Lipinski definition) is 0. The molecule has 0 spiro atoms. The highest BCUT2D eigenvalue weighted by Crippen LogP contribution is 1.69. The summed E-state index contributed by atoms with van der Waals surface area (Å²) in [6.07, 6.45) is 0. The van der Waals surface area contributed by atoms with Crippen LogP contribution >= 0.6 is 0 Å². The zero-order valence-corrected chi connectivity index (χ0v) is 4.92. The van der Waals surface area contributed by atoms with Gasteiger partial charge in [-0.05, 0) is 6.92 Å². The van der Waals surface area contributed by atoms with Gasteiger partial charge in [0.05, 0.1) is 6.61 Å². The van der Waals surface area contributed by atoms with Crippen molar-refractivity contribution in [2.75, 3.05) is 6.61 Å². The first-order valence-corrected chi connectivity index (χ1v) is 2.10. The van der Waals surface area contributed by atoms with Crippen molar-refractivity contribution in [2.24, 2.45) is 0 Å². The molecule has 0 unspecified atom stereocenters. The summed E-state index contributed by atoms with van der Waals surface area (Å²) in [7, 11) is 0. The van der Waals surface area contributed by atoms with Crippen LogP contribution < -0.4 is 0 Å². The molecule has 0 saturated carbocycles. The maximum Gasteiger partial charge on any atom is 0.302 e. The number of rotatable bonds is 1. The zero-order chi connectivity index (χ0) is 6.99. The molecule has 0 N–H and O–H groups in total. The smallest absolute Gasteiger partial charge is 0.302 e. The van der Waals surface area contributed by atoms with Crippen LogP contribution in [0.25, 0.3) is 0 Å². The lowest BCUT2D eigenvalue weighted by Crippen LogP contribution is -1.95. The van der Waals surface area contributed by atoms with Crippen molar-refractivity contribution in [3.63, 3.8) is 0 Å². The minimum atomic E-state index is -0.211. The van der Waals surface area contributed by atoms with Gasteiger partial charge in [-0.25, -0.2) is 0 Å². The standard InChI is InChI=1S/C4H8O2.N2/c1-3-6-4(2)5;1-2/h3H2,1-2H3;. The van der Waals surface area contributed by atoms with Gasteiger partial charge in [-0.15, -0.1) is 0 Å². The highest BCUT2D eigenvalue weighted by Gasteiger charge is 1.81. The van der Waals surface area contributed by atoms with Crippen LogP contribution in [0.3, 0.4) is 0 Å². The van der Waals surface area contributed by atoms with Gasteiger partial charge in [0.25, 0.3) is 0 Å². The van der Waals surface area contributed by atoms with Crippen molar-refractivity contribution in [3.8, 4) is 0 Å². The van der Waals surface area contributed by atoms with E-state index in [2.05, 4.69) is 4.74 Å². The summed E-state index contributed by atoms with van der Waals surface area (Å²) in [4.78, 5) is 9.82. The van der Waals surface area contributed by atoms with Gasteiger partial charge in [-0.3, -0.25) is 4.79 Å². The maximum absolute atomic E-state index is 9.82. The Kier molecular flexibility index (Phi) is 11.6. The Labute approximate surface area is 47.9 Å². The minimum absolute atomic E-state index is 0.211. The lowest BCUT2D eigenvalue weighted by molar-refractivity contribution is -0.140. The van der Waals surface area contributed by atoms with Gasteiger partial charge in [0.1, 0.15) is 0 Å². The third-order valence-electron chi connectivity index (χ3n) is 0.348. The molecule has 0 atom stereocenters. The maximum atomic E-state index is 9.82. The van der Waals surface area contributed by atoms with Crippen LogP contribution in [0.15, 0.2) is 0 Å². The molecule has 0 radical (unpaired) electrons. The van der Waals surface area contributed by atoms with Gasteiger partial charge in [0.15, 0.2) is 0 Å². The second kappa shape index (κ2) is 9.31. The molecule has 46 valence electrons. The highest BCUT2D eigenvalue weighted by atomic mass is 16.5. The molecule has 0 heterocycles. The molecule has 8 heavy (non-hydrogen) atoms. The molecule has 0 aliphatic carbocycles. The Morgan fingerprint density at radius 2 is 2.00 bits per heavy atom. The van der Waals surface area contributed by atoms with Crippen LogP contribution in [-0.2, 0) is 9.53 Å². The average Bonchev–Trinajstić information content (AvgIpc) is 1.72. The summed E-state index contributed by atoms with van der Waals surface area (Å²) in [5.41, 5.74) is 0. The van der Waals surface area contributed by atoms with E-state index in [-0.39, 0.29) is 5.97 Å². The summed E-state index contributed by atoms with van der Waals surface area (Å²) in [5.74, 6) is -0.211. The molecule has 0 aromatic rings. The van der Waals surface area contributed by atoms with Gasteiger partial charge < -0.3 is 4.74 Å². The fourth-order valence-corrected chi connectivity index (χ4v) is 0.203. The fraction of sp³-hybridized carbons (Fsp3) is 0.750. The van der Waals surface area contributed by atoms with E-state index in [1.54, 1.807) is 6.92 Å². The van der Waals surface area contributed by atoms with Gasteiger partial charge in [-0.2, -0.15) is 0 Å². The summed E-state index contributed by atoms with van der Waals surface area (Å²) in [5, 5.41) is 12.0. The summed E-state index contributed by atoms with van der Waals surface area (Å²) < 4.78 is 4.40. The third kappa shape index (κ3) is 20.7. The molecule has 0 aromatic heterocycles. The second-order valence-corrected chi connectivity index (χ2v) is 0.925. The molecule has 4 heteroatoms. The molecule has 0 rings (SSSR count). The van der Waals surface area contributed by atoms with E-state index < -0.39 is 0 Å². The number of ether oxygens (including phenoxy) is 1. The number of hydrogen-bond acceptors (Lipinski definition) is 4. The van der Waals surface area contributed by atoms with Crippen LogP contribution in [0.5, 0.6) is 0 Å². The average molecular weight is 116 g/mol. The normalized spacial score (nSPS) is 6.00. The molecule has 0 aliphatic rings. The van der Waals surface area contributed by atoms with Crippen LogP contribution in [0.1, 0.15) is 13.8 Å². The number of nitrogens with zero attached hydrogens (tertiary/aromatic N) is 2. The largest absolute Gasteiger partial charge is 0.466 e. The van der Waals surface area contributed by atoms with E-state index in [9.17, 15) is 4.79 Å². The molecule has 0 aliphatic heterocycles. The van der Waals surface area contributed by atoms with E-state index in [0.717, 1.165) is 0 Å². The zero-order valence-electron chi connectivity index (χ0n) is 4.92. The molecule has 4 nitrogen and oxygen atoms in total. The molecule has 0 bridgehead atoms. The van der Waals surface area contributed by atoms with Crippen molar-refractivity contribution in [1.82, 2.24) is 0 Å². The van der Waals surface area contributed by atoms with Gasteiger partial charge >= 0.3 is 5.97 Å². The number of carbonyl (C=O) groups is 1. The Hall–Kier alpha value is -1.11. The number of esters is 1. The van der Waals surface area contributed by atoms with Crippen molar-refractivity contribution in [3.05, 3.63) is 0 Å². The highest BCUT2D eigenvalue weighted by molar-refractivity contribution is 5.65. The van der Waals surface area contributed by atoms with E-state index in [1.807, 2.05) is 0 Å². The van der Waals surface area contributed by atoms with Gasteiger partial charge in [0.2, 0.25) is 0 Å². The van der Waals surface area contributed by atoms with Gasteiger partial charge in [-0.1, -0.05) is 0 Å². The molecular weight excluding hydrogens is 108 g/mol. The number of carbonyl (C=O) groups excluding carboxylic acids is 1. The van der Waals surface area contributed by atoms with Crippen molar-refractivity contribution >= 4 is 5.97 Å². The van der Waals surface area contributed by atoms with Crippen molar-refractivity contribution < 1.29 is 9.53 Å². The first-order chi connectivity index (χ1) is 3.77. The van der Waals surface area contributed by atoms with Crippen LogP contribution in [0.2, 0.25) is 0 Å². The quantitative estimate of drug-likeness (QED) is 0.371. The van der Waals surface area contributed by atoms with Crippen LogP contribution in [0.4, 0.5) is 0 Å². The Balaban J connectivity index is 0. The van der Waals surface area contributed by atoms with Crippen LogP contribution in [-0.4, -0.2) is 12.6 Å². The third-order valence-corrected chi connectivity index (χ3v) is 0.348.